The molecule has 19 heavy (non-hydrogen) atoms. The van der Waals surface area contributed by atoms with Crippen LogP contribution in [0.3, 0.4) is 0 Å². The van der Waals surface area contributed by atoms with Crippen molar-refractivity contribution in [1.29, 1.82) is 0 Å². The smallest absolute Gasteiger partial charge is 0.200 e. The molecule has 2 N–H and O–H groups in total. The number of anilines is 1. The van der Waals surface area contributed by atoms with Crippen molar-refractivity contribution in [1.82, 2.24) is 9.97 Å². The van der Waals surface area contributed by atoms with Crippen molar-refractivity contribution in [2.75, 3.05) is 19.5 Å². The highest BCUT2D eigenvalue weighted by atomic mass is 16.5. The largest absolute Gasteiger partial charge is 0.496 e. The summed E-state index contributed by atoms with van der Waals surface area (Å²) >= 11 is 0. The van der Waals surface area contributed by atoms with Crippen LogP contribution in [0.15, 0.2) is 24.4 Å². The summed E-state index contributed by atoms with van der Waals surface area (Å²) in [5.41, 5.74) is 3.75. The van der Waals surface area contributed by atoms with Gasteiger partial charge >= 0.3 is 0 Å². The number of H-pyrrole nitrogens is 1. The molecule has 0 saturated carbocycles. The van der Waals surface area contributed by atoms with Gasteiger partial charge < -0.3 is 15.0 Å². The first-order chi connectivity index (χ1) is 9.26. The second-order valence-corrected chi connectivity index (χ2v) is 4.51. The van der Waals surface area contributed by atoms with E-state index in [1.165, 1.54) is 11.1 Å². The topological polar surface area (TPSA) is 49.9 Å². The highest BCUT2D eigenvalue weighted by Gasteiger charge is 2.04. The van der Waals surface area contributed by atoms with E-state index < -0.39 is 0 Å². The van der Waals surface area contributed by atoms with E-state index >= 15 is 0 Å². The van der Waals surface area contributed by atoms with Crippen LogP contribution >= 0.6 is 0 Å². The zero-order valence-corrected chi connectivity index (χ0v) is 11.8. The first-order valence-corrected chi connectivity index (χ1v) is 6.64. The SMILES string of the molecule is CCc1cc(CCc2cnc(NC)[nH]2)ccc1OC. The third kappa shape index (κ3) is 3.28. The molecule has 0 fully saturated rings. The van der Waals surface area contributed by atoms with E-state index in [-0.39, 0.29) is 0 Å². The maximum absolute atomic E-state index is 5.35. The average molecular weight is 259 g/mol. The van der Waals surface area contributed by atoms with Crippen LogP contribution < -0.4 is 10.1 Å². The van der Waals surface area contributed by atoms with Crippen molar-refractivity contribution in [3.05, 3.63) is 41.2 Å². The number of nitrogens with zero attached hydrogens (tertiary/aromatic N) is 1. The van der Waals surface area contributed by atoms with Crippen LogP contribution in [0.5, 0.6) is 5.75 Å². The van der Waals surface area contributed by atoms with E-state index in [1.54, 1.807) is 7.11 Å². The lowest BCUT2D eigenvalue weighted by Gasteiger charge is -2.09. The Labute approximate surface area is 114 Å². The van der Waals surface area contributed by atoms with Crippen LogP contribution in [-0.4, -0.2) is 24.1 Å². The number of aromatic amines is 1. The fraction of sp³-hybridized carbons (Fsp3) is 0.400. The van der Waals surface area contributed by atoms with E-state index in [9.17, 15) is 0 Å². The van der Waals surface area contributed by atoms with Crippen molar-refractivity contribution in [3.8, 4) is 5.75 Å². The summed E-state index contributed by atoms with van der Waals surface area (Å²) in [6.45, 7) is 2.15. The van der Waals surface area contributed by atoms with Crippen LogP contribution in [0.25, 0.3) is 0 Å². The molecule has 0 bridgehead atoms. The Hall–Kier alpha value is -1.97. The fourth-order valence-electron chi connectivity index (χ4n) is 2.16. The number of hydrogen-bond donors (Lipinski definition) is 2. The molecule has 0 amide bonds. The quantitative estimate of drug-likeness (QED) is 0.838. The first kappa shape index (κ1) is 13.5. The number of imidazole rings is 1. The Bertz CT molecular complexity index is 534. The van der Waals surface area contributed by atoms with Gasteiger partial charge in [0.25, 0.3) is 0 Å². The molecule has 1 aromatic heterocycles. The Morgan fingerprint density at radius 3 is 2.79 bits per heavy atom. The van der Waals surface area contributed by atoms with Gasteiger partial charge in [0.1, 0.15) is 5.75 Å². The minimum absolute atomic E-state index is 0.818. The zero-order chi connectivity index (χ0) is 13.7. The second-order valence-electron chi connectivity index (χ2n) is 4.51. The third-order valence-electron chi connectivity index (χ3n) is 3.27. The van der Waals surface area contributed by atoms with Crippen LogP contribution in [0, 0.1) is 0 Å². The van der Waals surface area contributed by atoms with Crippen molar-refractivity contribution in [3.63, 3.8) is 0 Å². The molecular formula is C15H21N3O. The lowest BCUT2D eigenvalue weighted by molar-refractivity contribution is 0.410. The lowest BCUT2D eigenvalue weighted by atomic mass is 10.0. The minimum Gasteiger partial charge on any atom is -0.496 e. The molecule has 102 valence electrons. The highest BCUT2D eigenvalue weighted by Crippen LogP contribution is 2.21. The molecule has 0 spiro atoms. The summed E-state index contributed by atoms with van der Waals surface area (Å²) in [6.07, 6.45) is 4.84. The minimum atomic E-state index is 0.818. The summed E-state index contributed by atoms with van der Waals surface area (Å²) in [5.74, 6) is 1.80. The number of rotatable bonds is 6. The molecule has 2 aromatic rings. The highest BCUT2D eigenvalue weighted by molar-refractivity contribution is 5.37. The standard InChI is InChI=1S/C15H21N3O/c1-4-12-9-11(6-8-14(12)19-3)5-7-13-10-17-15(16-2)18-13/h6,8-10H,4-5,7H2,1-3H3,(H2,16,17,18). The van der Waals surface area contributed by atoms with Crippen LogP contribution in [0.1, 0.15) is 23.7 Å². The van der Waals surface area contributed by atoms with Crippen molar-refractivity contribution >= 4 is 5.95 Å². The molecule has 4 nitrogen and oxygen atoms in total. The summed E-state index contributed by atoms with van der Waals surface area (Å²) in [6, 6.07) is 6.42. The Balaban J connectivity index is 2.03. The summed E-state index contributed by atoms with van der Waals surface area (Å²) in [7, 11) is 3.58. The van der Waals surface area contributed by atoms with Gasteiger partial charge in [0.2, 0.25) is 0 Å². The molecule has 0 radical (unpaired) electrons. The molecule has 4 heteroatoms. The van der Waals surface area contributed by atoms with Gasteiger partial charge in [-0.1, -0.05) is 19.1 Å². The number of nitrogens with one attached hydrogen (secondary N) is 2. The van der Waals surface area contributed by atoms with Gasteiger partial charge in [-0.25, -0.2) is 4.98 Å². The first-order valence-electron chi connectivity index (χ1n) is 6.64. The maximum atomic E-state index is 5.35. The zero-order valence-electron chi connectivity index (χ0n) is 11.8. The van der Waals surface area contributed by atoms with Crippen molar-refractivity contribution in [2.24, 2.45) is 0 Å². The number of methoxy groups -OCH3 is 1. The van der Waals surface area contributed by atoms with Crippen LogP contribution in [-0.2, 0) is 19.3 Å². The summed E-state index contributed by atoms with van der Waals surface area (Å²) in [5, 5.41) is 3.00. The van der Waals surface area contributed by atoms with Crippen LogP contribution in [0.4, 0.5) is 5.95 Å². The number of ether oxygens (including phenoxy) is 1. The fourth-order valence-corrected chi connectivity index (χ4v) is 2.16. The predicted octanol–water partition coefficient (Wildman–Crippen LogP) is 2.81. The molecule has 1 aromatic carbocycles. The van der Waals surface area contributed by atoms with Gasteiger partial charge in [-0.2, -0.15) is 0 Å². The number of aromatic nitrogens is 2. The molecule has 2 rings (SSSR count). The van der Waals surface area contributed by atoms with Crippen molar-refractivity contribution in [2.45, 2.75) is 26.2 Å². The van der Waals surface area contributed by atoms with Crippen LogP contribution in [0.2, 0.25) is 0 Å². The van der Waals surface area contributed by atoms with E-state index in [1.807, 2.05) is 13.2 Å². The molecule has 0 aliphatic rings. The monoisotopic (exact) mass is 259 g/mol. The lowest BCUT2D eigenvalue weighted by Crippen LogP contribution is -1.96. The number of benzene rings is 1. The van der Waals surface area contributed by atoms with Gasteiger partial charge in [0, 0.05) is 12.7 Å². The maximum Gasteiger partial charge on any atom is 0.200 e. The van der Waals surface area contributed by atoms with E-state index in [4.69, 9.17) is 4.74 Å². The molecule has 0 atom stereocenters. The van der Waals surface area contributed by atoms with E-state index in [0.29, 0.717) is 0 Å². The van der Waals surface area contributed by atoms with E-state index in [0.717, 1.165) is 36.7 Å². The summed E-state index contributed by atoms with van der Waals surface area (Å²) < 4.78 is 5.35. The summed E-state index contributed by atoms with van der Waals surface area (Å²) in [4.78, 5) is 7.46. The normalized spacial score (nSPS) is 10.5. The Morgan fingerprint density at radius 1 is 1.32 bits per heavy atom. The molecular weight excluding hydrogens is 238 g/mol. The second kappa shape index (κ2) is 6.27. The van der Waals surface area contributed by atoms with Gasteiger partial charge in [-0.3, -0.25) is 0 Å². The molecule has 0 saturated heterocycles. The number of hydrogen-bond acceptors (Lipinski definition) is 3. The molecule has 0 aliphatic heterocycles. The van der Waals surface area contributed by atoms with E-state index in [2.05, 4.69) is 40.4 Å². The number of aryl methyl sites for hydroxylation is 3. The Kier molecular flexibility index (Phi) is 4.44. The van der Waals surface area contributed by atoms with Gasteiger partial charge in [0.05, 0.1) is 13.3 Å². The van der Waals surface area contributed by atoms with Crippen molar-refractivity contribution < 1.29 is 4.74 Å². The third-order valence-corrected chi connectivity index (χ3v) is 3.27. The molecule has 0 unspecified atom stereocenters. The van der Waals surface area contributed by atoms with Gasteiger partial charge in [0.15, 0.2) is 5.95 Å². The molecule has 0 aliphatic carbocycles. The van der Waals surface area contributed by atoms with Gasteiger partial charge in [-0.05, 0) is 36.5 Å². The molecule has 1 heterocycles. The predicted molar refractivity (Wildman–Crippen MR) is 77.9 cm³/mol. The van der Waals surface area contributed by atoms with Gasteiger partial charge in [-0.15, -0.1) is 0 Å². The average Bonchev–Trinajstić information content (AvgIpc) is 2.92. The Morgan fingerprint density at radius 2 is 2.16 bits per heavy atom.